The van der Waals surface area contributed by atoms with Crippen LogP contribution < -0.4 is 0 Å². The molecule has 3 nitrogen and oxygen atoms in total. The van der Waals surface area contributed by atoms with Crippen molar-refractivity contribution in [3.63, 3.8) is 0 Å². The van der Waals surface area contributed by atoms with Crippen molar-refractivity contribution >= 4 is 37.2 Å². The summed E-state index contributed by atoms with van der Waals surface area (Å²) in [5.41, 5.74) is 5.70. The second-order valence-electron chi connectivity index (χ2n) is 11.7. The molecule has 4 heterocycles. The first-order chi connectivity index (χ1) is 23.8. The van der Waals surface area contributed by atoms with Gasteiger partial charge in [-0.1, -0.05) is 74.9 Å². The molecule has 0 N–H and O–H groups in total. The van der Waals surface area contributed by atoms with Crippen LogP contribution in [0.4, 0.5) is 0 Å². The van der Waals surface area contributed by atoms with Gasteiger partial charge in [0.2, 0.25) is 0 Å². The van der Waals surface area contributed by atoms with Gasteiger partial charge in [0.15, 0.2) is 0 Å². The zero-order valence-electron chi connectivity index (χ0n) is 32.5. The Labute approximate surface area is 296 Å². The van der Waals surface area contributed by atoms with E-state index in [9.17, 15) is 0 Å². The predicted octanol–water partition coefficient (Wildman–Crippen LogP) is 11.7. The minimum absolute atomic E-state index is 0. The molecule has 0 saturated heterocycles. The number of aromatic nitrogens is 2. The van der Waals surface area contributed by atoms with Crippen LogP contribution in [0.2, 0.25) is 0 Å². The largest absolute Gasteiger partial charge is 0.309 e. The SMILES string of the molecule is C=C([C-]=CC(=C)C(CC)CC)C1=NC=C(C)CC1.[2H]c1nc(-c2[c-]ccc3c2sc2c(C4CCCCC4)nccc23)c([2H])c([2H])c1C([2H])([2H])[2H].[Ir]. The first-order valence-corrected chi connectivity index (χ1v) is 16.6. The molecule has 0 amide bonds. The zero-order valence-corrected chi connectivity index (χ0v) is 29.7. The number of allylic oxidation sites excluding steroid dienone is 5. The van der Waals surface area contributed by atoms with E-state index < -0.39 is 24.6 Å². The maximum Gasteiger partial charge on any atom is 0.0832 e. The average Bonchev–Trinajstić information content (AvgIpc) is 3.49. The number of aliphatic imine (C=N–C) groups is 1. The Morgan fingerprint density at radius 1 is 1.11 bits per heavy atom. The molecule has 1 radical (unpaired) electrons. The minimum Gasteiger partial charge on any atom is -0.309 e. The summed E-state index contributed by atoms with van der Waals surface area (Å²) in [6.07, 6.45) is 18.8. The molecule has 3 aromatic heterocycles. The zero-order chi connectivity index (χ0) is 36.2. The Hall–Kier alpha value is -2.98. The maximum absolute atomic E-state index is 8.45. The second kappa shape index (κ2) is 16.5. The van der Waals surface area contributed by atoms with Crippen molar-refractivity contribution in [3.05, 3.63) is 108 Å². The van der Waals surface area contributed by atoms with Gasteiger partial charge in [-0.15, -0.1) is 53.6 Å². The van der Waals surface area contributed by atoms with Crippen molar-refractivity contribution in [3.8, 4) is 11.3 Å². The second-order valence-corrected chi connectivity index (χ2v) is 12.7. The molecule has 0 spiro atoms. The topological polar surface area (TPSA) is 38.1 Å². The van der Waals surface area contributed by atoms with E-state index in [1.165, 1.54) is 24.8 Å². The average molecular weight is 798 g/mol. The van der Waals surface area contributed by atoms with Crippen LogP contribution in [0.1, 0.15) is 104 Å². The minimum atomic E-state index is -2.66. The first-order valence-electron chi connectivity index (χ1n) is 18.8. The Bertz CT molecular complexity index is 2000. The normalized spacial score (nSPS) is 17.6. The van der Waals surface area contributed by atoms with Crippen LogP contribution in [0.5, 0.6) is 0 Å². The van der Waals surface area contributed by atoms with Gasteiger partial charge in [-0.05, 0) is 72.6 Å². The molecule has 0 bridgehead atoms. The van der Waals surface area contributed by atoms with Crippen LogP contribution in [0.25, 0.3) is 31.4 Å². The van der Waals surface area contributed by atoms with E-state index in [-0.39, 0.29) is 31.8 Å². The van der Waals surface area contributed by atoms with E-state index in [1.54, 1.807) is 17.4 Å². The van der Waals surface area contributed by atoms with E-state index >= 15 is 0 Å². The smallest absolute Gasteiger partial charge is 0.0832 e. The number of thiophene rings is 1. The molecule has 0 atom stereocenters. The molecule has 1 aliphatic carbocycles. The molecule has 45 heavy (non-hydrogen) atoms. The van der Waals surface area contributed by atoms with Crippen LogP contribution in [0, 0.1) is 24.9 Å². The summed E-state index contributed by atoms with van der Waals surface area (Å²) in [5, 5.41) is 2.09. The summed E-state index contributed by atoms with van der Waals surface area (Å²) in [4.78, 5) is 13.3. The third kappa shape index (κ3) is 8.44. The van der Waals surface area contributed by atoms with Crippen molar-refractivity contribution < 1.29 is 28.3 Å². The number of rotatable bonds is 8. The van der Waals surface area contributed by atoms with Gasteiger partial charge in [0.1, 0.15) is 0 Å². The van der Waals surface area contributed by atoms with Gasteiger partial charge < -0.3 is 9.98 Å². The van der Waals surface area contributed by atoms with Crippen molar-refractivity contribution in [2.75, 3.05) is 0 Å². The summed E-state index contributed by atoms with van der Waals surface area (Å²) in [7, 11) is 0. The Kier molecular flexibility index (Phi) is 9.98. The van der Waals surface area contributed by atoms with Crippen LogP contribution in [0.3, 0.4) is 0 Å². The van der Waals surface area contributed by atoms with Gasteiger partial charge >= 0.3 is 0 Å². The molecule has 1 fully saturated rings. The summed E-state index contributed by atoms with van der Waals surface area (Å²) in [6, 6.07) is 8.11. The molecule has 1 aromatic carbocycles. The van der Waals surface area contributed by atoms with Crippen molar-refractivity contribution in [2.45, 2.75) is 91.3 Å². The van der Waals surface area contributed by atoms with Crippen LogP contribution in [-0.4, -0.2) is 15.7 Å². The summed E-state index contributed by atoms with van der Waals surface area (Å²) in [6.45, 7) is 12.0. The fourth-order valence-electron chi connectivity index (χ4n) is 5.99. The van der Waals surface area contributed by atoms with Crippen LogP contribution in [-0.2, 0) is 20.1 Å². The molecule has 0 unspecified atom stereocenters. The van der Waals surface area contributed by atoms with E-state index in [0.717, 1.165) is 81.2 Å². The van der Waals surface area contributed by atoms with Gasteiger partial charge in [-0.2, -0.15) is 17.9 Å². The number of nitrogens with zero attached hydrogens (tertiary/aromatic N) is 3. The van der Waals surface area contributed by atoms with Gasteiger partial charge in [-0.3, -0.25) is 4.98 Å². The van der Waals surface area contributed by atoms with Crippen molar-refractivity contribution in [1.29, 1.82) is 0 Å². The van der Waals surface area contributed by atoms with E-state index in [4.69, 9.17) is 13.2 Å². The van der Waals surface area contributed by atoms with Crippen LogP contribution in [0.15, 0.2) is 89.8 Å². The molecule has 6 rings (SSSR count). The molecule has 1 saturated carbocycles. The van der Waals surface area contributed by atoms with Gasteiger partial charge in [0.25, 0.3) is 0 Å². The van der Waals surface area contributed by atoms with Gasteiger partial charge in [0, 0.05) is 53.4 Å². The molecule has 5 heteroatoms. The number of pyridine rings is 2. The standard InChI is InChI=1S/C23H21N2S.C17H24N.Ir/c1-15-10-11-20(25-14-15)19-9-5-8-17-18-12-13-24-21(23(18)26-22(17)19)16-6-3-2-4-7-16;1-6-16(7-2)14(4)9-10-15(5)17-11-8-13(3)12-18-17;/h5,8,10-14,16H,2-4,6-7H2,1H3;9,12,16H,4-8,11H2,1-3H3;/q2*-1;/i1D3,10D,11D,14D;;. The molecule has 1 aliphatic heterocycles. The molecular formula is C40H45IrN3S-2. The summed E-state index contributed by atoms with van der Waals surface area (Å²) in [5.74, 6) is 0.997. The van der Waals surface area contributed by atoms with Gasteiger partial charge in [0.05, 0.1) is 9.81 Å². The summed E-state index contributed by atoms with van der Waals surface area (Å²) >= 11 is 1.58. The molecule has 2 aliphatic rings. The number of hydrogen-bond donors (Lipinski definition) is 0. The first kappa shape index (κ1) is 27.2. The Morgan fingerprint density at radius 3 is 2.60 bits per heavy atom. The number of hydrogen-bond acceptors (Lipinski definition) is 4. The van der Waals surface area contributed by atoms with E-state index in [2.05, 4.69) is 56.0 Å². The molecule has 237 valence electrons. The number of fused-ring (bicyclic) bond motifs is 3. The Morgan fingerprint density at radius 2 is 1.89 bits per heavy atom. The monoisotopic (exact) mass is 798 g/mol. The van der Waals surface area contributed by atoms with Crippen LogP contribution >= 0.6 is 11.3 Å². The third-order valence-corrected chi connectivity index (χ3v) is 9.94. The fraction of sp³-hybridized carbons (Fsp3) is 0.375. The number of benzene rings is 1. The molecule has 4 aromatic rings. The quantitative estimate of drug-likeness (QED) is 0.132. The molecular weight excluding hydrogens is 747 g/mol. The van der Waals surface area contributed by atoms with E-state index in [1.807, 2.05) is 30.6 Å². The van der Waals surface area contributed by atoms with E-state index in [0.29, 0.717) is 17.4 Å². The van der Waals surface area contributed by atoms with Crippen molar-refractivity contribution in [2.24, 2.45) is 10.9 Å². The van der Waals surface area contributed by atoms with Crippen molar-refractivity contribution in [1.82, 2.24) is 9.97 Å². The van der Waals surface area contributed by atoms with Gasteiger partial charge in [-0.25, -0.2) is 0 Å². The maximum atomic E-state index is 8.45. The predicted molar refractivity (Wildman–Crippen MR) is 190 cm³/mol. The Balaban J connectivity index is 0.000000264. The summed E-state index contributed by atoms with van der Waals surface area (Å²) < 4.78 is 49.7. The third-order valence-electron chi connectivity index (χ3n) is 8.68. The fourth-order valence-corrected chi connectivity index (χ4v) is 7.36.